The van der Waals surface area contributed by atoms with Gasteiger partial charge in [-0.25, -0.2) is 4.98 Å². The van der Waals surface area contributed by atoms with Crippen molar-refractivity contribution in [3.05, 3.63) is 70.2 Å². The number of halogens is 1. The van der Waals surface area contributed by atoms with Gasteiger partial charge in [-0.05, 0) is 52.4 Å². The Morgan fingerprint density at radius 2 is 1.86 bits per heavy atom. The van der Waals surface area contributed by atoms with Crippen LogP contribution in [0.4, 0.5) is 5.69 Å². The summed E-state index contributed by atoms with van der Waals surface area (Å²) in [5, 5.41) is 2.90. The maximum atomic E-state index is 12.2. The maximum Gasteiger partial charge on any atom is 0.256 e. The van der Waals surface area contributed by atoms with E-state index >= 15 is 0 Å². The maximum absolute atomic E-state index is 12.2. The number of aromatic amines is 1. The average Bonchev–Trinajstić information content (AvgIpc) is 3.02. The number of anilines is 1. The molecule has 104 valence electrons. The van der Waals surface area contributed by atoms with Gasteiger partial charge >= 0.3 is 0 Å². The van der Waals surface area contributed by atoms with E-state index in [-0.39, 0.29) is 5.91 Å². The molecule has 0 saturated heterocycles. The van der Waals surface area contributed by atoms with Crippen molar-refractivity contribution in [2.24, 2.45) is 0 Å². The molecule has 0 aliphatic rings. The Hall–Kier alpha value is -2.15. The van der Waals surface area contributed by atoms with Crippen molar-refractivity contribution in [1.82, 2.24) is 9.97 Å². The molecule has 0 atom stereocenters. The van der Waals surface area contributed by atoms with Crippen molar-refractivity contribution in [2.45, 2.75) is 0 Å². The minimum Gasteiger partial charge on any atom is -0.345 e. The Labute approximate surface area is 135 Å². The van der Waals surface area contributed by atoms with Gasteiger partial charge in [0.05, 0.1) is 23.8 Å². The summed E-state index contributed by atoms with van der Waals surface area (Å²) in [6.07, 6.45) is 3.41. The Balaban J connectivity index is 1.77. The minimum atomic E-state index is -0.103. The van der Waals surface area contributed by atoms with Crippen LogP contribution < -0.4 is 5.32 Å². The highest BCUT2D eigenvalue weighted by Gasteiger charge is 2.09. The molecule has 1 aromatic heterocycles. The number of H-pyrrole nitrogens is 1. The van der Waals surface area contributed by atoms with Gasteiger partial charge in [0.2, 0.25) is 0 Å². The molecule has 0 unspecified atom stereocenters. The molecule has 0 radical (unpaired) electrons. The Morgan fingerprint density at radius 1 is 1.10 bits per heavy atom. The molecular weight excluding hydrogens is 377 g/mol. The van der Waals surface area contributed by atoms with Gasteiger partial charge in [-0.15, -0.1) is 0 Å². The summed E-state index contributed by atoms with van der Waals surface area (Å²) < 4.78 is 0.932. The monoisotopic (exact) mass is 389 g/mol. The molecule has 0 fully saturated rings. The second-order valence-electron chi connectivity index (χ2n) is 4.48. The fourth-order valence-corrected chi connectivity index (χ4v) is 2.62. The van der Waals surface area contributed by atoms with Crippen LogP contribution in [0.15, 0.2) is 61.1 Å². The van der Waals surface area contributed by atoms with E-state index in [0.29, 0.717) is 5.56 Å². The number of hydrogen-bond acceptors (Lipinski definition) is 2. The van der Waals surface area contributed by atoms with E-state index in [0.717, 1.165) is 20.5 Å². The van der Waals surface area contributed by atoms with Gasteiger partial charge < -0.3 is 10.3 Å². The predicted octanol–water partition coefficient (Wildman–Crippen LogP) is 3.93. The van der Waals surface area contributed by atoms with Crippen LogP contribution in [0.3, 0.4) is 0 Å². The zero-order valence-corrected chi connectivity index (χ0v) is 13.2. The number of imidazole rings is 1. The third kappa shape index (κ3) is 3.13. The van der Waals surface area contributed by atoms with Gasteiger partial charge in [0.15, 0.2) is 0 Å². The molecule has 5 heteroatoms. The highest BCUT2D eigenvalue weighted by Crippen LogP contribution is 2.20. The molecular formula is C16H12IN3O. The van der Waals surface area contributed by atoms with Crippen molar-refractivity contribution in [1.29, 1.82) is 0 Å². The summed E-state index contributed by atoms with van der Waals surface area (Å²) in [6, 6.07) is 15.1. The Morgan fingerprint density at radius 3 is 2.52 bits per heavy atom. The molecule has 1 heterocycles. The van der Waals surface area contributed by atoms with Crippen LogP contribution in [-0.2, 0) is 0 Å². The van der Waals surface area contributed by atoms with Gasteiger partial charge in [0.25, 0.3) is 5.91 Å². The highest BCUT2D eigenvalue weighted by molar-refractivity contribution is 14.1. The molecule has 2 N–H and O–H groups in total. The number of carbonyl (C=O) groups is 1. The number of aromatic nitrogens is 2. The third-order valence-electron chi connectivity index (χ3n) is 3.07. The van der Waals surface area contributed by atoms with Crippen LogP contribution in [0, 0.1) is 3.57 Å². The first-order chi connectivity index (χ1) is 10.2. The lowest BCUT2D eigenvalue weighted by Gasteiger charge is -2.07. The van der Waals surface area contributed by atoms with E-state index in [4.69, 9.17) is 0 Å². The van der Waals surface area contributed by atoms with E-state index in [2.05, 4.69) is 37.9 Å². The van der Waals surface area contributed by atoms with Gasteiger partial charge in [0.1, 0.15) is 0 Å². The Bertz CT molecular complexity index is 751. The van der Waals surface area contributed by atoms with E-state index < -0.39 is 0 Å². The van der Waals surface area contributed by atoms with Crippen LogP contribution in [0.2, 0.25) is 0 Å². The number of hydrogen-bond donors (Lipinski definition) is 2. The van der Waals surface area contributed by atoms with Gasteiger partial charge in [-0.3, -0.25) is 4.79 Å². The standard InChI is InChI=1S/C16H12IN3O/c17-14-4-2-1-3-13(14)16(21)20-12-7-5-11(6-8-12)15-9-18-10-19-15/h1-10H,(H,18,19)(H,20,21). The van der Waals surface area contributed by atoms with Crippen molar-refractivity contribution in [3.63, 3.8) is 0 Å². The van der Waals surface area contributed by atoms with Crippen LogP contribution in [0.1, 0.15) is 10.4 Å². The molecule has 1 amide bonds. The normalized spacial score (nSPS) is 10.3. The molecule has 4 nitrogen and oxygen atoms in total. The number of benzene rings is 2. The van der Waals surface area contributed by atoms with Crippen LogP contribution in [-0.4, -0.2) is 15.9 Å². The molecule has 3 aromatic rings. The summed E-state index contributed by atoms with van der Waals surface area (Å²) in [5.74, 6) is -0.103. The first-order valence-electron chi connectivity index (χ1n) is 6.39. The lowest BCUT2D eigenvalue weighted by atomic mass is 10.1. The Kier molecular flexibility index (Phi) is 4.01. The number of amides is 1. The second kappa shape index (κ2) is 6.09. The highest BCUT2D eigenvalue weighted by atomic mass is 127. The molecule has 2 aromatic carbocycles. The quantitative estimate of drug-likeness (QED) is 0.667. The lowest BCUT2D eigenvalue weighted by Crippen LogP contribution is -2.13. The smallest absolute Gasteiger partial charge is 0.256 e. The van der Waals surface area contributed by atoms with Gasteiger partial charge in [-0.2, -0.15) is 0 Å². The summed E-state index contributed by atoms with van der Waals surface area (Å²) in [6.45, 7) is 0. The van der Waals surface area contributed by atoms with Crippen LogP contribution in [0.25, 0.3) is 11.3 Å². The number of carbonyl (C=O) groups excluding carboxylic acids is 1. The minimum absolute atomic E-state index is 0.103. The van der Waals surface area contributed by atoms with Crippen molar-refractivity contribution in [2.75, 3.05) is 5.32 Å². The fourth-order valence-electron chi connectivity index (χ4n) is 1.99. The van der Waals surface area contributed by atoms with Crippen LogP contribution >= 0.6 is 22.6 Å². The van der Waals surface area contributed by atoms with Crippen LogP contribution in [0.5, 0.6) is 0 Å². The SMILES string of the molecule is O=C(Nc1ccc(-c2cnc[nH]2)cc1)c1ccccc1I. The van der Waals surface area contributed by atoms with Crippen molar-refractivity contribution >= 4 is 34.2 Å². The molecule has 0 aliphatic carbocycles. The second-order valence-corrected chi connectivity index (χ2v) is 5.64. The predicted molar refractivity (Wildman–Crippen MR) is 91.1 cm³/mol. The average molecular weight is 389 g/mol. The van der Waals surface area contributed by atoms with Gasteiger partial charge in [-0.1, -0.05) is 24.3 Å². The summed E-state index contributed by atoms with van der Waals surface area (Å²) >= 11 is 2.16. The fraction of sp³-hybridized carbons (Fsp3) is 0. The zero-order chi connectivity index (χ0) is 14.7. The van der Waals surface area contributed by atoms with E-state index in [1.54, 1.807) is 12.5 Å². The zero-order valence-electron chi connectivity index (χ0n) is 11.0. The molecule has 0 bridgehead atoms. The molecule has 0 saturated carbocycles. The van der Waals surface area contributed by atoms with E-state index in [1.807, 2.05) is 48.5 Å². The van der Waals surface area contributed by atoms with E-state index in [1.165, 1.54) is 0 Å². The molecule has 21 heavy (non-hydrogen) atoms. The number of nitrogens with one attached hydrogen (secondary N) is 2. The first-order valence-corrected chi connectivity index (χ1v) is 7.46. The number of rotatable bonds is 3. The van der Waals surface area contributed by atoms with Crippen molar-refractivity contribution in [3.8, 4) is 11.3 Å². The summed E-state index contributed by atoms with van der Waals surface area (Å²) in [4.78, 5) is 19.3. The lowest BCUT2D eigenvalue weighted by molar-refractivity contribution is 0.102. The van der Waals surface area contributed by atoms with Gasteiger partial charge in [0, 0.05) is 9.26 Å². The molecule has 0 spiro atoms. The van der Waals surface area contributed by atoms with E-state index in [9.17, 15) is 4.79 Å². The van der Waals surface area contributed by atoms with Crippen molar-refractivity contribution < 1.29 is 4.79 Å². The molecule has 0 aliphatic heterocycles. The third-order valence-corrected chi connectivity index (χ3v) is 4.01. The largest absolute Gasteiger partial charge is 0.345 e. The topological polar surface area (TPSA) is 57.8 Å². The summed E-state index contributed by atoms with van der Waals surface area (Å²) in [7, 11) is 0. The first kappa shape index (κ1) is 13.8. The molecule has 3 rings (SSSR count). The summed E-state index contributed by atoms with van der Waals surface area (Å²) in [5.41, 5.74) is 3.42. The number of nitrogens with zero attached hydrogens (tertiary/aromatic N) is 1.